The molecule has 1 unspecified atom stereocenters. The molecule has 0 bridgehead atoms. The maximum Gasteiger partial charge on any atom is 0.416 e. The number of carbonyl (C=O) groups excluding carboxylic acids is 2. The lowest BCUT2D eigenvalue weighted by Crippen LogP contribution is -2.42. The van der Waals surface area contributed by atoms with Crippen molar-refractivity contribution in [1.82, 2.24) is 5.32 Å². The molecule has 0 radical (unpaired) electrons. The van der Waals surface area contributed by atoms with Crippen molar-refractivity contribution in [2.75, 3.05) is 12.0 Å². The molecule has 4 nitrogen and oxygen atoms in total. The molecule has 0 heterocycles. The van der Waals surface area contributed by atoms with Crippen LogP contribution in [0.3, 0.4) is 0 Å². The van der Waals surface area contributed by atoms with Crippen LogP contribution < -0.4 is 5.32 Å². The molecule has 162 valence electrons. The summed E-state index contributed by atoms with van der Waals surface area (Å²) in [6.07, 6.45) is -2.28. The molecule has 0 aliphatic rings. The summed E-state index contributed by atoms with van der Waals surface area (Å²) >= 11 is 13.3. The summed E-state index contributed by atoms with van der Waals surface area (Å²) in [5.74, 6) is -0.675. The van der Waals surface area contributed by atoms with Crippen LogP contribution in [0.15, 0.2) is 42.5 Å². The van der Waals surface area contributed by atoms with Crippen molar-refractivity contribution in [3.63, 3.8) is 0 Å². The van der Waals surface area contributed by atoms with Crippen LogP contribution in [0.4, 0.5) is 13.2 Å². The fraction of sp³-hybridized carbons (Fsp3) is 0.300. The van der Waals surface area contributed by atoms with E-state index in [1.165, 1.54) is 42.1 Å². The summed E-state index contributed by atoms with van der Waals surface area (Å²) in [7, 11) is 0. The molecule has 1 amide bonds. The van der Waals surface area contributed by atoms with Crippen LogP contribution in [0.1, 0.15) is 27.9 Å². The van der Waals surface area contributed by atoms with E-state index in [0.29, 0.717) is 22.8 Å². The van der Waals surface area contributed by atoms with Gasteiger partial charge in [0.05, 0.1) is 16.1 Å². The number of hydrogen-bond acceptors (Lipinski definition) is 4. The van der Waals surface area contributed by atoms with Crippen molar-refractivity contribution in [2.45, 2.75) is 25.2 Å². The zero-order valence-corrected chi connectivity index (χ0v) is 18.1. The summed E-state index contributed by atoms with van der Waals surface area (Å²) in [4.78, 5) is 25.0. The Bertz CT molecular complexity index is 892. The molecule has 1 atom stereocenters. The molecule has 2 aromatic rings. The topological polar surface area (TPSA) is 55.4 Å². The summed E-state index contributed by atoms with van der Waals surface area (Å²) in [6.45, 7) is -0.218. The molecule has 10 heteroatoms. The second-order valence-corrected chi connectivity index (χ2v) is 8.06. The van der Waals surface area contributed by atoms with Crippen LogP contribution in [-0.2, 0) is 22.3 Å². The van der Waals surface area contributed by atoms with Gasteiger partial charge in [0.25, 0.3) is 5.91 Å². The number of thioether (sulfide) groups is 1. The van der Waals surface area contributed by atoms with E-state index in [1.807, 2.05) is 6.26 Å². The van der Waals surface area contributed by atoms with Gasteiger partial charge in [-0.3, -0.25) is 4.79 Å². The molecule has 0 fully saturated rings. The quantitative estimate of drug-likeness (QED) is 0.500. The normalized spacial score (nSPS) is 12.3. The summed E-state index contributed by atoms with van der Waals surface area (Å²) in [5, 5.41) is 3.10. The monoisotopic (exact) mass is 479 g/mol. The Kier molecular flexibility index (Phi) is 8.88. The first kappa shape index (κ1) is 24.4. The number of amides is 1. The predicted molar refractivity (Wildman–Crippen MR) is 112 cm³/mol. The molecule has 0 saturated heterocycles. The van der Waals surface area contributed by atoms with Gasteiger partial charge in [-0.25, -0.2) is 4.79 Å². The van der Waals surface area contributed by atoms with E-state index in [9.17, 15) is 22.8 Å². The summed E-state index contributed by atoms with van der Waals surface area (Å²) in [5.41, 5.74) is -0.236. The third-order valence-corrected chi connectivity index (χ3v) is 5.23. The molecule has 0 saturated carbocycles. The SMILES string of the molecule is CSCCC(NC(=O)c1ccc(Cl)cc1Cl)C(=O)OCc1ccc(C(F)(F)F)cc1. The minimum absolute atomic E-state index is 0.140. The minimum atomic E-state index is -4.44. The molecule has 2 aromatic carbocycles. The van der Waals surface area contributed by atoms with Gasteiger partial charge >= 0.3 is 12.1 Å². The second-order valence-electron chi connectivity index (χ2n) is 6.23. The molecule has 30 heavy (non-hydrogen) atoms. The average Bonchev–Trinajstić information content (AvgIpc) is 2.68. The number of nitrogens with one attached hydrogen (secondary N) is 1. The molecule has 0 spiro atoms. The van der Waals surface area contributed by atoms with E-state index in [1.54, 1.807) is 0 Å². The highest BCUT2D eigenvalue weighted by atomic mass is 35.5. The lowest BCUT2D eigenvalue weighted by atomic mass is 10.1. The fourth-order valence-corrected chi connectivity index (χ4v) is 3.40. The lowest BCUT2D eigenvalue weighted by molar-refractivity contribution is -0.147. The average molecular weight is 480 g/mol. The van der Waals surface area contributed by atoms with Crippen molar-refractivity contribution in [3.05, 3.63) is 69.2 Å². The second kappa shape index (κ2) is 10.9. The van der Waals surface area contributed by atoms with Crippen molar-refractivity contribution >= 4 is 46.8 Å². The van der Waals surface area contributed by atoms with Crippen molar-refractivity contribution in [3.8, 4) is 0 Å². The van der Waals surface area contributed by atoms with Crippen LogP contribution in [-0.4, -0.2) is 29.9 Å². The van der Waals surface area contributed by atoms with Crippen LogP contribution in [0.2, 0.25) is 10.0 Å². The molecule has 0 aliphatic heterocycles. The van der Waals surface area contributed by atoms with Gasteiger partial charge in [0.1, 0.15) is 12.6 Å². The smallest absolute Gasteiger partial charge is 0.416 e. The highest BCUT2D eigenvalue weighted by Crippen LogP contribution is 2.29. The molecule has 0 aromatic heterocycles. The van der Waals surface area contributed by atoms with Crippen LogP contribution >= 0.6 is 35.0 Å². The predicted octanol–water partition coefficient (Wildman–Crippen LogP) is 5.61. The number of ether oxygens (including phenoxy) is 1. The molecule has 0 aliphatic carbocycles. The number of rotatable bonds is 8. The minimum Gasteiger partial charge on any atom is -0.459 e. The van der Waals surface area contributed by atoms with Gasteiger partial charge in [-0.05, 0) is 54.3 Å². The number of hydrogen-bond donors (Lipinski definition) is 1. The highest BCUT2D eigenvalue weighted by molar-refractivity contribution is 7.98. The van der Waals surface area contributed by atoms with E-state index < -0.39 is 29.7 Å². The maximum absolute atomic E-state index is 12.6. The van der Waals surface area contributed by atoms with Gasteiger partial charge < -0.3 is 10.1 Å². The third kappa shape index (κ3) is 7.11. The van der Waals surface area contributed by atoms with E-state index in [2.05, 4.69) is 5.32 Å². The molecular formula is C20H18Cl2F3NO3S. The van der Waals surface area contributed by atoms with Crippen LogP contribution in [0.25, 0.3) is 0 Å². The Morgan fingerprint density at radius 1 is 1.13 bits per heavy atom. The van der Waals surface area contributed by atoms with Gasteiger partial charge in [0.2, 0.25) is 0 Å². The Labute approximate surface area is 186 Å². The summed E-state index contributed by atoms with van der Waals surface area (Å²) in [6, 6.07) is 7.72. The van der Waals surface area contributed by atoms with Crippen molar-refractivity contribution in [1.29, 1.82) is 0 Å². The van der Waals surface area contributed by atoms with Gasteiger partial charge in [-0.15, -0.1) is 0 Å². The number of benzene rings is 2. The van der Waals surface area contributed by atoms with E-state index in [4.69, 9.17) is 27.9 Å². The number of halogens is 5. The number of alkyl halides is 3. The first-order valence-corrected chi connectivity index (χ1v) is 10.8. The van der Waals surface area contributed by atoms with Crippen LogP contribution in [0.5, 0.6) is 0 Å². The summed E-state index contributed by atoms with van der Waals surface area (Å²) < 4.78 is 43.1. The zero-order chi connectivity index (χ0) is 22.3. The van der Waals surface area contributed by atoms with Gasteiger partial charge in [0, 0.05) is 5.02 Å². The largest absolute Gasteiger partial charge is 0.459 e. The zero-order valence-electron chi connectivity index (χ0n) is 15.8. The Morgan fingerprint density at radius 3 is 2.37 bits per heavy atom. The Balaban J connectivity index is 2.03. The van der Waals surface area contributed by atoms with Gasteiger partial charge in [-0.2, -0.15) is 24.9 Å². The molecule has 2 rings (SSSR count). The highest BCUT2D eigenvalue weighted by Gasteiger charge is 2.30. The van der Waals surface area contributed by atoms with Gasteiger partial charge in [0.15, 0.2) is 0 Å². The standard InChI is InChI=1S/C20H18Cl2F3NO3S/c1-30-9-8-17(26-18(27)15-7-6-14(21)10-16(15)22)19(28)29-11-12-2-4-13(5-3-12)20(23,24)25/h2-7,10,17H,8-9,11H2,1H3,(H,26,27). The number of esters is 1. The fourth-order valence-electron chi connectivity index (χ4n) is 2.44. The van der Waals surface area contributed by atoms with E-state index >= 15 is 0 Å². The maximum atomic E-state index is 12.6. The Morgan fingerprint density at radius 2 is 1.80 bits per heavy atom. The molecular weight excluding hydrogens is 462 g/mol. The van der Waals surface area contributed by atoms with Crippen LogP contribution in [0, 0.1) is 0 Å². The van der Waals surface area contributed by atoms with Crippen molar-refractivity contribution in [2.24, 2.45) is 0 Å². The van der Waals surface area contributed by atoms with Gasteiger partial charge in [-0.1, -0.05) is 35.3 Å². The Hall–Kier alpha value is -1.90. The molecule has 1 N–H and O–H groups in total. The van der Waals surface area contributed by atoms with E-state index in [-0.39, 0.29) is 17.2 Å². The number of carbonyl (C=O) groups is 2. The van der Waals surface area contributed by atoms with Crippen molar-refractivity contribution < 1.29 is 27.5 Å². The first-order chi connectivity index (χ1) is 14.1. The first-order valence-electron chi connectivity index (χ1n) is 8.69. The third-order valence-electron chi connectivity index (χ3n) is 4.04. The lowest BCUT2D eigenvalue weighted by Gasteiger charge is -2.18. The van der Waals surface area contributed by atoms with E-state index in [0.717, 1.165) is 12.1 Å².